The number of ether oxygens (including phenoxy) is 1. The molecule has 1 aliphatic rings. The Morgan fingerprint density at radius 2 is 1.82 bits per heavy atom. The van der Waals surface area contributed by atoms with Crippen LogP contribution in [0.5, 0.6) is 11.5 Å². The fraction of sp³-hybridized carbons (Fsp3) is 0.276. The molecule has 0 bridgehead atoms. The zero-order valence-electron chi connectivity index (χ0n) is 21.9. The van der Waals surface area contributed by atoms with E-state index < -0.39 is 5.54 Å². The Morgan fingerprint density at radius 3 is 2.53 bits per heavy atom. The van der Waals surface area contributed by atoms with Gasteiger partial charge in [-0.15, -0.1) is 0 Å². The maximum atomic E-state index is 12.9. The number of nitrogens with zero attached hydrogens (tertiary/aromatic N) is 2. The normalized spacial score (nSPS) is 13.3. The highest BCUT2D eigenvalue weighted by atomic mass is 32.1. The van der Waals surface area contributed by atoms with Crippen LogP contribution in [0.15, 0.2) is 60.7 Å². The summed E-state index contributed by atoms with van der Waals surface area (Å²) in [5, 5.41) is 6.48. The van der Waals surface area contributed by atoms with Crippen molar-refractivity contribution in [1.82, 2.24) is 4.98 Å². The van der Waals surface area contributed by atoms with Gasteiger partial charge in [0.05, 0.1) is 15.9 Å². The largest absolute Gasteiger partial charge is 0.455 e. The monoisotopic (exact) mass is 529 g/mol. The number of hydrogen-bond donors (Lipinski definition) is 3. The number of hydrogen-bond acceptors (Lipinski definition) is 7. The highest BCUT2D eigenvalue weighted by Crippen LogP contribution is 2.42. The third kappa shape index (κ3) is 5.64. The molecule has 1 fully saturated rings. The molecule has 4 N–H and O–H groups in total. The molecule has 2 amide bonds. The lowest BCUT2D eigenvalue weighted by Gasteiger charge is -2.20. The molecule has 9 heteroatoms. The van der Waals surface area contributed by atoms with Crippen molar-refractivity contribution in [2.75, 3.05) is 29.6 Å². The number of fused-ring (bicyclic) bond motifs is 1. The van der Waals surface area contributed by atoms with Crippen molar-refractivity contribution in [1.29, 1.82) is 0 Å². The number of carbonyl (C=O) groups excluding carboxylic acids is 2. The molecule has 1 saturated carbocycles. The van der Waals surface area contributed by atoms with E-state index in [0.717, 1.165) is 34.3 Å². The Hall–Kier alpha value is -3.95. The standard InChI is InChI=1S/C29H31N5O3S/c1-29(2,30)19-8-5-7-18(15-19)27(36)31-20-9-6-10-21(16-20)37-23-14-13-22-25(24(23)34(3)4)38-28(32-22)33-26(35)17-11-12-17/h5-10,13-17H,11-12,30H2,1-4H3,(H,31,36)(H,32,33,35). The Kier molecular flexibility index (Phi) is 6.81. The van der Waals surface area contributed by atoms with Crippen molar-refractivity contribution in [3.63, 3.8) is 0 Å². The first-order chi connectivity index (χ1) is 18.1. The number of rotatable bonds is 8. The van der Waals surface area contributed by atoms with Crippen molar-refractivity contribution in [3.05, 3.63) is 71.8 Å². The summed E-state index contributed by atoms with van der Waals surface area (Å²) >= 11 is 1.43. The molecule has 0 radical (unpaired) electrons. The van der Waals surface area contributed by atoms with E-state index in [1.54, 1.807) is 12.1 Å². The first-order valence-electron chi connectivity index (χ1n) is 12.5. The van der Waals surface area contributed by atoms with Gasteiger partial charge >= 0.3 is 0 Å². The molecule has 38 heavy (non-hydrogen) atoms. The molecule has 3 aromatic carbocycles. The lowest BCUT2D eigenvalue weighted by Crippen LogP contribution is -2.29. The maximum Gasteiger partial charge on any atom is 0.255 e. The van der Waals surface area contributed by atoms with Crippen LogP contribution in [0, 0.1) is 5.92 Å². The average molecular weight is 530 g/mol. The van der Waals surface area contributed by atoms with Gasteiger partial charge < -0.3 is 26.0 Å². The number of nitrogens with one attached hydrogen (secondary N) is 2. The molecule has 0 aliphatic heterocycles. The highest BCUT2D eigenvalue weighted by molar-refractivity contribution is 7.23. The van der Waals surface area contributed by atoms with Gasteiger partial charge in [-0.2, -0.15) is 0 Å². The number of thiazole rings is 1. The average Bonchev–Trinajstić information content (AvgIpc) is 3.64. The number of aromatic nitrogens is 1. The molecule has 0 spiro atoms. The van der Waals surface area contributed by atoms with Gasteiger partial charge in [0.25, 0.3) is 5.91 Å². The van der Waals surface area contributed by atoms with Gasteiger partial charge in [-0.25, -0.2) is 4.98 Å². The summed E-state index contributed by atoms with van der Waals surface area (Å²) in [6, 6.07) is 18.3. The van der Waals surface area contributed by atoms with Gasteiger partial charge in [0.2, 0.25) is 5.91 Å². The minimum absolute atomic E-state index is 0.0317. The molecule has 8 nitrogen and oxygen atoms in total. The summed E-state index contributed by atoms with van der Waals surface area (Å²) in [6.45, 7) is 3.81. The first kappa shape index (κ1) is 25.7. The van der Waals surface area contributed by atoms with Gasteiger partial charge in [-0.1, -0.05) is 29.5 Å². The molecule has 1 heterocycles. The third-order valence-corrected chi connectivity index (χ3v) is 7.30. The van der Waals surface area contributed by atoms with Gasteiger partial charge in [0, 0.05) is 42.9 Å². The highest BCUT2D eigenvalue weighted by Gasteiger charge is 2.30. The van der Waals surface area contributed by atoms with Gasteiger partial charge in [-0.3, -0.25) is 9.59 Å². The SMILES string of the molecule is CN(C)c1c(Oc2cccc(NC(=O)c3cccc(C(C)(C)N)c3)c2)ccc2nc(NC(=O)C3CC3)sc12. The molecular weight excluding hydrogens is 498 g/mol. The van der Waals surface area contributed by atoms with Crippen LogP contribution in [0.3, 0.4) is 0 Å². The molecule has 5 rings (SSSR count). The zero-order chi connectivity index (χ0) is 27.0. The molecular formula is C29H31N5O3S. The Morgan fingerprint density at radius 1 is 1.05 bits per heavy atom. The van der Waals surface area contributed by atoms with Crippen LogP contribution in [-0.4, -0.2) is 30.9 Å². The van der Waals surface area contributed by atoms with Crippen LogP contribution in [-0.2, 0) is 10.3 Å². The minimum Gasteiger partial charge on any atom is -0.455 e. The Balaban J connectivity index is 1.37. The molecule has 0 saturated heterocycles. The molecule has 196 valence electrons. The fourth-order valence-electron chi connectivity index (χ4n) is 4.10. The molecule has 0 unspecified atom stereocenters. The minimum atomic E-state index is -0.545. The second-order valence-corrected chi connectivity index (χ2v) is 11.3. The van der Waals surface area contributed by atoms with Gasteiger partial charge in [0.15, 0.2) is 10.9 Å². The first-order valence-corrected chi connectivity index (χ1v) is 13.3. The van der Waals surface area contributed by atoms with E-state index >= 15 is 0 Å². The molecule has 0 atom stereocenters. The summed E-state index contributed by atoms with van der Waals surface area (Å²) in [5.41, 5.74) is 9.34. The number of anilines is 3. The molecule has 1 aliphatic carbocycles. The van der Waals surface area contributed by atoms with E-state index in [9.17, 15) is 9.59 Å². The third-order valence-electron chi connectivity index (χ3n) is 6.31. The number of nitrogens with two attached hydrogens (primary N) is 1. The maximum absolute atomic E-state index is 12.9. The molecule has 1 aromatic heterocycles. The van der Waals surface area contributed by atoms with Crippen LogP contribution < -0.4 is 26.0 Å². The van der Waals surface area contributed by atoms with Crippen molar-refractivity contribution in [3.8, 4) is 11.5 Å². The van der Waals surface area contributed by atoms with Crippen LogP contribution in [0.1, 0.15) is 42.6 Å². The van der Waals surface area contributed by atoms with Crippen molar-refractivity contribution >= 4 is 49.9 Å². The van der Waals surface area contributed by atoms with Crippen molar-refractivity contribution < 1.29 is 14.3 Å². The van der Waals surface area contributed by atoms with Crippen LogP contribution in [0.25, 0.3) is 10.2 Å². The summed E-state index contributed by atoms with van der Waals surface area (Å²) in [5.74, 6) is 1.14. The van der Waals surface area contributed by atoms with Gasteiger partial charge in [0.1, 0.15) is 5.75 Å². The topological polar surface area (TPSA) is 110 Å². The lowest BCUT2D eigenvalue weighted by atomic mass is 9.94. The van der Waals surface area contributed by atoms with Crippen LogP contribution in [0.2, 0.25) is 0 Å². The van der Waals surface area contributed by atoms with E-state index in [4.69, 9.17) is 10.5 Å². The summed E-state index contributed by atoms with van der Waals surface area (Å²) < 4.78 is 7.21. The lowest BCUT2D eigenvalue weighted by molar-refractivity contribution is -0.117. The number of benzene rings is 3. The van der Waals surface area contributed by atoms with Crippen LogP contribution in [0.4, 0.5) is 16.5 Å². The van der Waals surface area contributed by atoms with E-state index in [1.807, 2.05) is 81.4 Å². The smallest absolute Gasteiger partial charge is 0.255 e. The summed E-state index contributed by atoms with van der Waals surface area (Å²) in [4.78, 5) is 31.7. The number of carbonyl (C=O) groups is 2. The molecule has 4 aromatic rings. The van der Waals surface area contributed by atoms with E-state index in [0.29, 0.717) is 27.9 Å². The van der Waals surface area contributed by atoms with Gasteiger partial charge in [-0.05, 0) is 68.7 Å². The summed E-state index contributed by atoms with van der Waals surface area (Å²) in [6.07, 6.45) is 1.88. The van der Waals surface area contributed by atoms with E-state index in [1.165, 1.54) is 11.3 Å². The van der Waals surface area contributed by atoms with E-state index in [-0.39, 0.29) is 17.7 Å². The Bertz CT molecular complexity index is 1520. The second kappa shape index (κ2) is 10.1. The second-order valence-electron chi connectivity index (χ2n) is 10.3. The Labute approximate surface area is 225 Å². The fourth-order valence-corrected chi connectivity index (χ4v) is 5.19. The zero-order valence-corrected chi connectivity index (χ0v) is 22.7. The van der Waals surface area contributed by atoms with Crippen LogP contribution >= 0.6 is 11.3 Å². The van der Waals surface area contributed by atoms with Crippen molar-refractivity contribution in [2.45, 2.75) is 32.2 Å². The van der Waals surface area contributed by atoms with Crippen molar-refractivity contribution in [2.24, 2.45) is 11.7 Å². The number of amides is 2. The van der Waals surface area contributed by atoms with E-state index in [2.05, 4.69) is 15.6 Å². The predicted molar refractivity (Wildman–Crippen MR) is 153 cm³/mol. The summed E-state index contributed by atoms with van der Waals surface area (Å²) in [7, 11) is 3.88. The predicted octanol–water partition coefficient (Wildman–Crippen LogP) is 5.95. The quantitative estimate of drug-likeness (QED) is 0.260.